The van der Waals surface area contributed by atoms with E-state index in [2.05, 4.69) is 11.5 Å². The van der Waals surface area contributed by atoms with E-state index in [0.29, 0.717) is 18.7 Å². The Labute approximate surface area is 131 Å². The summed E-state index contributed by atoms with van der Waals surface area (Å²) < 4.78 is 5.13. The van der Waals surface area contributed by atoms with E-state index < -0.39 is 0 Å². The summed E-state index contributed by atoms with van der Waals surface area (Å²) in [5.41, 5.74) is 3.50. The molecule has 1 fully saturated rings. The first-order chi connectivity index (χ1) is 10.6. The molecule has 4 heteroatoms. The molecule has 4 nitrogen and oxygen atoms in total. The molecule has 0 spiro atoms. The Morgan fingerprint density at radius 2 is 2.27 bits per heavy atom. The lowest BCUT2D eigenvalue weighted by atomic mass is 9.96. The molecule has 22 heavy (non-hydrogen) atoms. The minimum absolute atomic E-state index is 0.123. The maximum absolute atomic E-state index is 12.0. The molecule has 1 aromatic carbocycles. The summed E-state index contributed by atoms with van der Waals surface area (Å²) in [7, 11) is 0. The molecule has 0 N–H and O–H groups in total. The number of nitrogens with zero attached hydrogens (tertiary/aromatic N) is 1. The van der Waals surface area contributed by atoms with Crippen LogP contribution in [0.3, 0.4) is 0 Å². The van der Waals surface area contributed by atoms with Gasteiger partial charge < -0.3 is 9.64 Å². The Balaban J connectivity index is 2.26. The summed E-state index contributed by atoms with van der Waals surface area (Å²) in [5, 5.41) is 0. The normalized spacial score (nSPS) is 17.9. The molecule has 1 aliphatic rings. The SMILES string of the molecule is C=C(C)c1ccc(C=O)c(N2CCCC(C(=O)OCC)C2)c1. The van der Waals surface area contributed by atoms with Crippen LogP contribution in [0.1, 0.15) is 42.6 Å². The number of hydrogen-bond acceptors (Lipinski definition) is 4. The Morgan fingerprint density at radius 1 is 1.50 bits per heavy atom. The highest BCUT2D eigenvalue weighted by Crippen LogP contribution is 2.29. The molecule has 118 valence electrons. The molecule has 0 radical (unpaired) electrons. The zero-order valence-electron chi connectivity index (χ0n) is 13.3. The van der Waals surface area contributed by atoms with Gasteiger partial charge in [-0.1, -0.05) is 18.2 Å². The van der Waals surface area contributed by atoms with E-state index in [4.69, 9.17) is 4.74 Å². The standard InChI is InChI=1S/C18H23NO3/c1-4-22-18(21)15-6-5-9-19(11-15)17-10-14(13(2)3)7-8-16(17)12-20/h7-8,10,12,15H,2,4-6,9,11H2,1,3H3. The number of carbonyl (C=O) groups is 2. The second kappa shape index (κ2) is 7.25. The van der Waals surface area contributed by atoms with E-state index in [9.17, 15) is 9.59 Å². The molecule has 0 aliphatic carbocycles. The first kappa shape index (κ1) is 16.3. The summed E-state index contributed by atoms with van der Waals surface area (Å²) in [4.78, 5) is 25.4. The number of anilines is 1. The van der Waals surface area contributed by atoms with Gasteiger partial charge in [0.25, 0.3) is 0 Å². The lowest BCUT2D eigenvalue weighted by molar-refractivity contribution is -0.148. The zero-order valence-corrected chi connectivity index (χ0v) is 13.3. The van der Waals surface area contributed by atoms with Crippen LogP contribution in [0.15, 0.2) is 24.8 Å². The number of rotatable bonds is 5. The monoisotopic (exact) mass is 301 g/mol. The maximum Gasteiger partial charge on any atom is 0.310 e. The summed E-state index contributed by atoms with van der Waals surface area (Å²) in [6, 6.07) is 5.71. The first-order valence-electron chi connectivity index (χ1n) is 7.73. The lowest BCUT2D eigenvalue weighted by Crippen LogP contribution is -2.39. The summed E-state index contributed by atoms with van der Waals surface area (Å²) in [6.07, 6.45) is 2.62. The van der Waals surface area contributed by atoms with Crippen molar-refractivity contribution in [2.24, 2.45) is 5.92 Å². The topological polar surface area (TPSA) is 46.6 Å². The van der Waals surface area contributed by atoms with Crippen LogP contribution in [0.5, 0.6) is 0 Å². The Morgan fingerprint density at radius 3 is 2.91 bits per heavy atom. The number of carbonyl (C=O) groups excluding carboxylic acids is 2. The van der Waals surface area contributed by atoms with E-state index in [-0.39, 0.29) is 11.9 Å². The quantitative estimate of drug-likeness (QED) is 0.618. The highest BCUT2D eigenvalue weighted by atomic mass is 16.5. The smallest absolute Gasteiger partial charge is 0.310 e. The van der Waals surface area contributed by atoms with Gasteiger partial charge in [-0.25, -0.2) is 0 Å². The summed E-state index contributed by atoms with van der Waals surface area (Å²) >= 11 is 0. The van der Waals surface area contributed by atoms with Gasteiger partial charge in [0.2, 0.25) is 0 Å². The molecule has 1 saturated heterocycles. The van der Waals surface area contributed by atoms with Gasteiger partial charge in [0.05, 0.1) is 12.5 Å². The molecule has 0 aromatic heterocycles. The second-order valence-corrected chi connectivity index (χ2v) is 5.71. The van der Waals surface area contributed by atoms with Crippen LogP contribution in [0.4, 0.5) is 5.69 Å². The first-order valence-corrected chi connectivity index (χ1v) is 7.73. The maximum atomic E-state index is 12.0. The van der Waals surface area contributed by atoms with Crippen molar-refractivity contribution < 1.29 is 14.3 Å². The number of esters is 1. The van der Waals surface area contributed by atoms with Crippen LogP contribution < -0.4 is 4.90 Å². The number of piperidine rings is 1. The van der Waals surface area contributed by atoms with E-state index in [1.54, 1.807) is 0 Å². The van der Waals surface area contributed by atoms with Crippen molar-refractivity contribution in [2.75, 3.05) is 24.6 Å². The minimum atomic E-state index is -0.143. The fraction of sp³-hybridized carbons (Fsp3) is 0.444. The molecular formula is C18H23NO3. The fourth-order valence-corrected chi connectivity index (χ4v) is 2.83. The van der Waals surface area contributed by atoms with E-state index in [0.717, 1.165) is 42.5 Å². The highest BCUT2D eigenvalue weighted by molar-refractivity contribution is 5.87. The molecule has 0 amide bonds. The fourth-order valence-electron chi connectivity index (χ4n) is 2.83. The molecule has 1 unspecified atom stereocenters. The molecule has 0 saturated carbocycles. The number of benzene rings is 1. The van der Waals surface area contributed by atoms with Crippen LogP contribution in [-0.2, 0) is 9.53 Å². The van der Waals surface area contributed by atoms with Gasteiger partial charge in [-0.3, -0.25) is 9.59 Å². The van der Waals surface area contributed by atoms with Crippen LogP contribution in [0, 0.1) is 5.92 Å². The zero-order chi connectivity index (χ0) is 16.1. The lowest BCUT2D eigenvalue weighted by Gasteiger charge is -2.34. The van der Waals surface area contributed by atoms with Gasteiger partial charge in [-0.05, 0) is 44.4 Å². The molecule has 1 atom stereocenters. The number of ether oxygens (including phenoxy) is 1. The van der Waals surface area contributed by atoms with Gasteiger partial charge in [-0.2, -0.15) is 0 Å². The van der Waals surface area contributed by atoms with E-state index in [1.165, 1.54) is 0 Å². The third-order valence-electron chi connectivity index (χ3n) is 4.03. The Kier molecular flexibility index (Phi) is 5.36. The molecular weight excluding hydrogens is 278 g/mol. The van der Waals surface area contributed by atoms with Crippen LogP contribution in [-0.4, -0.2) is 32.0 Å². The number of allylic oxidation sites excluding steroid dienone is 1. The van der Waals surface area contributed by atoms with E-state index >= 15 is 0 Å². The van der Waals surface area contributed by atoms with Crippen molar-refractivity contribution >= 4 is 23.5 Å². The van der Waals surface area contributed by atoms with Gasteiger partial charge in [0, 0.05) is 24.3 Å². The largest absolute Gasteiger partial charge is 0.466 e. The van der Waals surface area contributed by atoms with Crippen LogP contribution in [0.25, 0.3) is 5.57 Å². The van der Waals surface area contributed by atoms with Crippen molar-refractivity contribution in [1.82, 2.24) is 0 Å². The Hall–Kier alpha value is -2.10. The average Bonchev–Trinajstić information content (AvgIpc) is 2.54. The van der Waals surface area contributed by atoms with Crippen molar-refractivity contribution in [3.05, 3.63) is 35.9 Å². The molecule has 1 heterocycles. The van der Waals surface area contributed by atoms with Crippen molar-refractivity contribution in [2.45, 2.75) is 26.7 Å². The number of aldehydes is 1. The van der Waals surface area contributed by atoms with Crippen LogP contribution >= 0.6 is 0 Å². The van der Waals surface area contributed by atoms with Crippen molar-refractivity contribution in [1.29, 1.82) is 0 Å². The Bertz CT molecular complexity index is 580. The average molecular weight is 301 g/mol. The van der Waals surface area contributed by atoms with Crippen molar-refractivity contribution in [3.8, 4) is 0 Å². The minimum Gasteiger partial charge on any atom is -0.466 e. The highest BCUT2D eigenvalue weighted by Gasteiger charge is 2.28. The third kappa shape index (κ3) is 3.56. The molecule has 0 bridgehead atoms. The van der Waals surface area contributed by atoms with Gasteiger partial charge in [0.15, 0.2) is 6.29 Å². The molecule has 1 aromatic rings. The van der Waals surface area contributed by atoms with Crippen LogP contribution in [0.2, 0.25) is 0 Å². The van der Waals surface area contributed by atoms with E-state index in [1.807, 2.05) is 32.0 Å². The van der Waals surface area contributed by atoms with Crippen molar-refractivity contribution in [3.63, 3.8) is 0 Å². The van der Waals surface area contributed by atoms with Gasteiger partial charge >= 0.3 is 5.97 Å². The third-order valence-corrected chi connectivity index (χ3v) is 4.03. The molecule has 1 aliphatic heterocycles. The summed E-state index contributed by atoms with van der Waals surface area (Å²) in [5.74, 6) is -0.266. The molecule has 2 rings (SSSR count). The number of hydrogen-bond donors (Lipinski definition) is 0. The predicted molar refractivity (Wildman–Crippen MR) is 88.1 cm³/mol. The van der Waals surface area contributed by atoms with Gasteiger partial charge in [-0.15, -0.1) is 0 Å². The second-order valence-electron chi connectivity index (χ2n) is 5.71. The summed E-state index contributed by atoms with van der Waals surface area (Å²) in [6.45, 7) is 9.56. The van der Waals surface area contributed by atoms with Gasteiger partial charge in [0.1, 0.15) is 0 Å². The predicted octanol–water partition coefficient (Wildman–Crippen LogP) is 3.31.